The summed E-state index contributed by atoms with van der Waals surface area (Å²) in [5.41, 5.74) is -0.693. The van der Waals surface area contributed by atoms with Crippen molar-refractivity contribution in [1.82, 2.24) is 4.90 Å². The third-order valence-corrected chi connectivity index (χ3v) is 6.27. The van der Waals surface area contributed by atoms with Gasteiger partial charge in [0.15, 0.2) is 0 Å². The zero-order valence-corrected chi connectivity index (χ0v) is 19.9. The number of nitrogens with zero attached hydrogens (tertiary/aromatic N) is 2. The van der Waals surface area contributed by atoms with Crippen molar-refractivity contribution in [2.45, 2.75) is 57.4 Å². The zero-order chi connectivity index (χ0) is 24.9. The molecule has 2 aromatic carbocycles. The van der Waals surface area contributed by atoms with E-state index in [0.29, 0.717) is 38.9 Å². The first-order valence-corrected chi connectivity index (χ1v) is 11.6. The number of halogens is 3. The van der Waals surface area contributed by atoms with Crippen LogP contribution in [0.5, 0.6) is 5.75 Å². The van der Waals surface area contributed by atoms with Gasteiger partial charge in [-0.15, -0.1) is 0 Å². The van der Waals surface area contributed by atoms with E-state index in [1.165, 1.54) is 18.2 Å². The van der Waals surface area contributed by atoms with E-state index in [9.17, 15) is 23.1 Å². The maximum Gasteiger partial charge on any atom is 0.416 e. The third kappa shape index (κ3) is 6.88. The van der Waals surface area contributed by atoms with Crippen molar-refractivity contribution in [2.24, 2.45) is 0 Å². The van der Waals surface area contributed by atoms with Crippen molar-refractivity contribution in [1.29, 1.82) is 0 Å². The molecule has 0 saturated carbocycles. The smallest absolute Gasteiger partial charge is 0.416 e. The van der Waals surface area contributed by atoms with Gasteiger partial charge in [-0.3, -0.25) is 4.79 Å². The quantitative estimate of drug-likeness (QED) is 0.586. The molecule has 5 nitrogen and oxygen atoms in total. The van der Waals surface area contributed by atoms with Crippen molar-refractivity contribution in [3.05, 3.63) is 59.7 Å². The first-order chi connectivity index (χ1) is 16.0. The van der Waals surface area contributed by atoms with Gasteiger partial charge in [0.05, 0.1) is 23.7 Å². The Morgan fingerprint density at radius 2 is 1.74 bits per heavy atom. The van der Waals surface area contributed by atoms with Crippen molar-refractivity contribution >= 4 is 11.6 Å². The van der Waals surface area contributed by atoms with E-state index in [1.807, 2.05) is 45.2 Å². The summed E-state index contributed by atoms with van der Waals surface area (Å²) >= 11 is 0. The van der Waals surface area contributed by atoms with Crippen LogP contribution in [0, 0.1) is 0 Å². The molecule has 1 fully saturated rings. The van der Waals surface area contributed by atoms with Gasteiger partial charge in [0.2, 0.25) is 5.91 Å². The van der Waals surface area contributed by atoms with Gasteiger partial charge in [-0.2, -0.15) is 13.2 Å². The average Bonchev–Trinajstić information content (AvgIpc) is 2.78. The Bertz CT molecular complexity index is 953. The van der Waals surface area contributed by atoms with Gasteiger partial charge in [-0.05, 0) is 69.0 Å². The van der Waals surface area contributed by atoms with E-state index < -0.39 is 17.3 Å². The molecular formula is C26H33F3N2O3. The second-order valence-electron chi connectivity index (χ2n) is 9.27. The fourth-order valence-corrected chi connectivity index (χ4v) is 4.20. The first-order valence-electron chi connectivity index (χ1n) is 11.6. The van der Waals surface area contributed by atoms with Crippen LogP contribution in [0.3, 0.4) is 0 Å². The highest BCUT2D eigenvalue weighted by Gasteiger charge is 2.36. The lowest BCUT2D eigenvalue weighted by Gasteiger charge is -2.39. The topological polar surface area (TPSA) is 53.0 Å². The standard InChI is InChI=1S/C26H33F3N2O3/c1-19(2)34-22-10-8-21(9-11-22)30(3)15-12-25(33)13-16-31(17-14-25)24(32)18-20-6-4-5-7-23(20)26(27,28)29/h4-11,19,33H,12-18H2,1-3H3. The van der Waals surface area contributed by atoms with Gasteiger partial charge >= 0.3 is 6.18 Å². The number of carbonyl (C=O) groups is 1. The zero-order valence-electron chi connectivity index (χ0n) is 19.9. The fourth-order valence-electron chi connectivity index (χ4n) is 4.20. The lowest BCUT2D eigenvalue weighted by atomic mass is 9.87. The molecule has 186 valence electrons. The van der Waals surface area contributed by atoms with Gasteiger partial charge in [0.1, 0.15) is 5.75 Å². The molecule has 1 amide bonds. The summed E-state index contributed by atoms with van der Waals surface area (Å²) in [6.07, 6.45) is -3.36. The molecule has 0 aromatic heterocycles. The monoisotopic (exact) mass is 478 g/mol. The minimum Gasteiger partial charge on any atom is -0.491 e. The number of alkyl halides is 3. The van der Waals surface area contributed by atoms with Crippen LogP contribution in [0.4, 0.5) is 18.9 Å². The summed E-state index contributed by atoms with van der Waals surface area (Å²) in [4.78, 5) is 16.3. The van der Waals surface area contributed by atoms with Gasteiger partial charge in [0.25, 0.3) is 0 Å². The lowest BCUT2D eigenvalue weighted by molar-refractivity contribution is -0.139. The van der Waals surface area contributed by atoms with Crippen LogP contribution in [0.2, 0.25) is 0 Å². The average molecular weight is 479 g/mol. The van der Waals surface area contributed by atoms with Crippen LogP contribution in [0.25, 0.3) is 0 Å². The number of ether oxygens (including phenoxy) is 1. The number of aliphatic hydroxyl groups is 1. The number of benzene rings is 2. The Balaban J connectivity index is 1.50. The molecule has 34 heavy (non-hydrogen) atoms. The number of likely N-dealkylation sites (tertiary alicyclic amines) is 1. The van der Waals surface area contributed by atoms with Crippen molar-refractivity contribution in [3.8, 4) is 5.75 Å². The molecular weight excluding hydrogens is 445 g/mol. The summed E-state index contributed by atoms with van der Waals surface area (Å²) in [5.74, 6) is 0.459. The second kappa shape index (κ2) is 10.7. The van der Waals surface area contributed by atoms with Crippen molar-refractivity contribution in [2.75, 3.05) is 31.6 Å². The largest absolute Gasteiger partial charge is 0.491 e. The SMILES string of the molecule is CC(C)Oc1ccc(N(C)CCC2(O)CCN(C(=O)Cc3ccccc3C(F)(F)F)CC2)cc1. The van der Waals surface area contributed by atoms with Crippen molar-refractivity contribution < 1.29 is 27.8 Å². The minimum atomic E-state index is -4.49. The maximum absolute atomic E-state index is 13.2. The molecule has 1 saturated heterocycles. The van der Waals surface area contributed by atoms with Crippen molar-refractivity contribution in [3.63, 3.8) is 0 Å². The van der Waals surface area contributed by atoms with E-state index >= 15 is 0 Å². The van der Waals surface area contributed by atoms with E-state index in [4.69, 9.17) is 4.74 Å². The molecule has 1 N–H and O–H groups in total. The molecule has 1 aliphatic rings. The maximum atomic E-state index is 13.2. The van der Waals surface area contributed by atoms with E-state index in [0.717, 1.165) is 17.5 Å². The van der Waals surface area contributed by atoms with Gasteiger partial charge < -0.3 is 19.6 Å². The molecule has 0 bridgehead atoms. The molecule has 0 aliphatic carbocycles. The molecule has 0 unspecified atom stereocenters. The number of anilines is 1. The van der Waals surface area contributed by atoms with Crippen LogP contribution >= 0.6 is 0 Å². The van der Waals surface area contributed by atoms with Gasteiger partial charge in [0, 0.05) is 32.4 Å². The van der Waals surface area contributed by atoms with Gasteiger partial charge in [-0.25, -0.2) is 0 Å². The second-order valence-corrected chi connectivity index (χ2v) is 9.27. The van der Waals surface area contributed by atoms with E-state index in [1.54, 1.807) is 4.90 Å². The summed E-state index contributed by atoms with van der Waals surface area (Å²) in [7, 11) is 1.96. The molecule has 2 aromatic rings. The molecule has 1 heterocycles. The highest BCUT2D eigenvalue weighted by Crippen LogP contribution is 2.33. The molecule has 1 aliphatic heterocycles. The number of carbonyl (C=O) groups excluding carboxylic acids is 1. The molecule has 0 atom stereocenters. The highest BCUT2D eigenvalue weighted by molar-refractivity contribution is 5.79. The predicted octanol–water partition coefficient (Wildman–Crippen LogP) is 4.92. The third-order valence-electron chi connectivity index (χ3n) is 6.27. The molecule has 0 radical (unpaired) electrons. The number of rotatable bonds is 8. The number of hydrogen-bond acceptors (Lipinski definition) is 4. The van der Waals surface area contributed by atoms with Gasteiger partial charge in [-0.1, -0.05) is 18.2 Å². The molecule has 3 rings (SSSR count). The Morgan fingerprint density at radius 3 is 2.32 bits per heavy atom. The summed E-state index contributed by atoms with van der Waals surface area (Å²) in [6.45, 7) is 5.23. The Morgan fingerprint density at radius 1 is 1.12 bits per heavy atom. The summed E-state index contributed by atoms with van der Waals surface area (Å²) in [5, 5.41) is 11.0. The first kappa shape index (κ1) is 25.9. The van der Waals surface area contributed by atoms with E-state index in [2.05, 4.69) is 4.90 Å². The van der Waals surface area contributed by atoms with Crippen LogP contribution < -0.4 is 9.64 Å². The number of piperidine rings is 1. The van der Waals surface area contributed by atoms with E-state index in [-0.39, 0.29) is 24.0 Å². The fraction of sp³-hybridized carbons (Fsp3) is 0.500. The normalized spacial score (nSPS) is 15.9. The lowest BCUT2D eigenvalue weighted by Crippen LogP contribution is -2.48. The number of amides is 1. The predicted molar refractivity (Wildman–Crippen MR) is 126 cm³/mol. The highest BCUT2D eigenvalue weighted by atomic mass is 19.4. The number of hydrogen-bond donors (Lipinski definition) is 1. The Kier molecular flexibility index (Phi) is 8.13. The molecule has 8 heteroatoms. The van der Waals surface area contributed by atoms with Crippen LogP contribution in [-0.2, 0) is 17.4 Å². The Labute approximate surface area is 199 Å². The van der Waals surface area contributed by atoms with Crippen LogP contribution in [0.1, 0.15) is 44.2 Å². The molecule has 0 spiro atoms. The van der Waals surface area contributed by atoms with Crippen LogP contribution in [-0.4, -0.2) is 54.3 Å². The van der Waals surface area contributed by atoms with Crippen LogP contribution in [0.15, 0.2) is 48.5 Å². The summed E-state index contributed by atoms with van der Waals surface area (Å²) in [6, 6.07) is 13.0. The minimum absolute atomic E-state index is 0.0210. The summed E-state index contributed by atoms with van der Waals surface area (Å²) < 4.78 is 45.3. The Hall–Kier alpha value is -2.74.